The van der Waals surface area contributed by atoms with Crippen LogP contribution in [0.1, 0.15) is 25.7 Å². The van der Waals surface area contributed by atoms with E-state index in [1.165, 1.54) is 0 Å². The minimum absolute atomic E-state index is 0.0132. The Morgan fingerprint density at radius 3 is 1.02 bits per heavy atom. The molecule has 1 aliphatic rings. The highest BCUT2D eigenvalue weighted by Crippen LogP contribution is 2.12. The van der Waals surface area contributed by atoms with Crippen molar-refractivity contribution in [3.8, 4) is 0 Å². The van der Waals surface area contributed by atoms with Crippen LogP contribution in [-0.2, 0) is 66.6 Å². The molecule has 0 aliphatic carbocycles. The van der Waals surface area contributed by atoms with Crippen LogP contribution < -0.4 is 0 Å². The van der Waals surface area contributed by atoms with Gasteiger partial charge in [-0.15, -0.1) is 5.06 Å². The van der Waals surface area contributed by atoms with E-state index in [4.69, 9.17) is 52.6 Å². The minimum Gasteiger partial charge on any atom is -0.481 e. The smallest absolute Gasteiger partial charge is 0.335 e. The molecule has 16 heteroatoms. The number of carboxylic acid groups (broad SMARTS) is 1. The maximum Gasteiger partial charge on any atom is 0.335 e. The summed E-state index contributed by atoms with van der Waals surface area (Å²) in [6.45, 7) is 6.88. The number of hydroxylamine groups is 2. The van der Waals surface area contributed by atoms with Crippen LogP contribution in [0.5, 0.6) is 0 Å². The van der Waals surface area contributed by atoms with Crippen LogP contribution >= 0.6 is 0 Å². The van der Waals surface area contributed by atoms with Gasteiger partial charge in [-0.1, -0.05) is 0 Å². The number of imide groups is 1. The van der Waals surface area contributed by atoms with Crippen LogP contribution in [0.3, 0.4) is 0 Å². The second kappa shape index (κ2) is 27.5. The maximum atomic E-state index is 11.6. The van der Waals surface area contributed by atoms with Gasteiger partial charge < -0.3 is 52.6 Å². The van der Waals surface area contributed by atoms with Gasteiger partial charge in [0.15, 0.2) is 0 Å². The van der Waals surface area contributed by atoms with E-state index in [0.717, 1.165) is 0 Å². The molecule has 0 spiro atoms. The number of carbonyl (C=O) groups excluding carboxylic acids is 3. The van der Waals surface area contributed by atoms with E-state index in [1.807, 2.05) is 0 Å². The van der Waals surface area contributed by atoms with Crippen LogP contribution in [0.2, 0.25) is 0 Å². The minimum atomic E-state index is -0.885. The highest BCUT2D eigenvalue weighted by atomic mass is 16.7. The molecule has 0 saturated carbocycles. The van der Waals surface area contributed by atoms with Crippen molar-refractivity contribution in [2.75, 3.05) is 119 Å². The second-order valence-corrected chi connectivity index (χ2v) is 8.45. The van der Waals surface area contributed by atoms with Gasteiger partial charge in [-0.25, -0.2) is 4.79 Å². The fraction of sp³-hybridized carbons (Fsp3) is 0.846. The number of rotatable bonds is 31. The summed E-state index contributed by atoms with van der Waals surface area (Å²) in [5.41, 5.74) is 0. The van der Waals surface area contributed by atoms with E-state index in [0.29, 0.717) is 104 Å². The van der Waals surface area contributed by atoms with Gasteiger partial charge in [0.2, 0.25) is 0 Å². The molecule has 16 nitrogen and oxygen atoms in total. The van der Waals surface area contributed by atoms with Crippen LogP contribution in [-0.4, -0.2) is 153 Å². The number of amides is 2. The number of ether oxygens (including phenoxy) is 9. The number of carboxylic acids is 1. The molecule has 1 N–H and O–H groups in total. The summed E-state index contributed by atoms with van der Waals surface area (Å²) in [6.07, 6.45) is 0.0211. The Labute approximate surface area is 245 Å². The van der Waals surface area contributed by atoms with Crippen molar-refractivity contribution in [2.24, 2.45) is 0 Å². The summed E-state index contributed by atoms with van der Waals surface area (Å²) in [4.78, 5) is 49.4. The highest BCUT2D eigenvalue weighted by molar-refractivity contribution is 6.01. The van der Waals surface area contributed by atoms with Crippen molar-refractivity contribution in [2.45, 2.75) is 25.7 Å². The Morgan fingerprint density at radius 1 is 0.476 bits per heavy atom. The summed E-state index contributed by atoms with van der Waals surface area (Å²) in [5, 5.41) is 8.98. The van der Waals surface area contributed by atoms with E-state index >= 15 is 0 Å². The zero-order chi connectivity index (χ0) is 30.5. The fourth-order valence-electron chi connectivity index (χ4n) is 2.98. The molecule has 1 rings (SSSR count). The third-order valence-electron chi connectivity index (χ3n) is 5.09. The molecular formula is C26H45NO15. The summed E-state index contributed by atoms with van der Waals surface area (Å²) < 4.78 is 48.0. The van der Waals surface area contributed by atoms with Crippen molar-refractivity contribution in [3.63, 3.8) is 0 Å². The van der Waals surface area contributed by atoms with Gasteiger partial charge in [-0.3, -0.25) is 14.4 Å². The van der Waals surface area contributed by atoms with Gasteiger partial charge in [-0.2, -0.15) is 0 Å². The lowest BCUT2D eigenvalue weighted by Crippen LogP contribution is -2.32. The van der Waals surface area contributed by atoms with Gasteiger partial charge in [0, 0.05) is 12.8 Å². The topological polar surface area (TPSA) is 184 Å². The lowest BCUT2D eigenvalue weighted by atomic mass is 10.4. The second-order valence-electron chi connectivity index (χ2n) is 8.45. The van der Waals surface area contributed by atoms with Crippen molar-refractivity contribution >= 4 is 23.8 Å². The normalized spacial score (nSPS) is 13.3. The first-order chi connectivity index (χ1) is 20.5. The van der Waals surface area contributed by atoms with Gasteiger partial charge >= 0.3 is 11.9 Å². The summed E-state index contributed by atoms with van der Waals surface area (Å²) >= 11 is 0. The number of hydrogen-bond donors (Lipinski definition) is 1. The number of aliphatic carboxylic acids is 1. The van der Waals surface area contributed by atoms with Crippen molar-refractivity contribution in [1.29, 1.82) is 0 Å². The average molecular weight is 612 g/mol. The number of nitrogens with zero attached hydrogens (tertiary/aromatic N) is 1. The Bertz CT molecular complexity index is 708. The molecule has 1 heterocycles. The molecule has 2 amide bonds. The molecule has 0 radical (unpaired) electrons. The summed E-state index contributed by atoms with van der Waals surface area (Å²) in [7, 11) is 0. The molecule has 0 aromatic rings. The highest BCUT2D eigenvalue weighted by Gasteiger charge is 2.32. The summed E-state index contributed by atoms with van der Waals surface area (Å²) in [5.74, 6) is -2.62. The molecule has 1 saturated heterocycles. The van der Waals surface area contributed by atoms with Gasteiger partial charge in [0.1, 0.15) is 0 Å². The van der Waals surface area contributed by atoms with E-state index in [2.05, 4.69) is 0 Å². The predicted molar refractivity (Wildman–Crippen MR) is 141 cm³/mol. The quantitative estimate of drug-likeness (QED) is 0.0789. The molecule has 0 aromatic heterocycles. The van der Waals surface area contributed by atoms with Gasteiger partial charge in [0.05, 0.1) is 132 Å². The zero-order valence-corrected chi connectivity index (χ0v) is 24.2. The molecule has 0 bridgehead atoms. The van der Waals surface area contributed by atoms with E-state index in [-0.39, 0.29) is 45.5 Å². The zero-order valence-electron chi connectivity index (χ0n) is 24.2. The van der Waals surface area contributed by atoms with Crippen LogP contribution in [0.15, 0.2) is 0 Å². The molecule has 1 aliphatic heterocycles. The van der Waals surface area contributed by atoms with E-state index in [1.54, 1.807) is 0 Å². The third-order valence-corrected chi connectivity index (χ3v) is 5.09. The first kappa shape index (κ1) is 37.7. The molecule has 0 unspecified atom stereocenters. The third kappa shape index (κ3) is 23.3. The SMILES string of the molecule is O=C(O)CCOCCOCCOCCOCCOCCOCCOCCOCCOCCC(=O)ON1C(=O)CCC1=O. The first-order valence-corrected chi connectivity index (χ1v) is 14.0. The molecule has 1 fully saturated rings. The van der Waals surface area contributed by atoms with Gasteiger partial charge in [0.25, 0.3) is 11.8 Å². The van der Waals surface area contributed by atoms with E-state index in [9.17, 15) is 19.2 Å². The summed E-state index contributed by atoms with van der Waals surface area (Å²) in [6, 6.07) is 0. The lowest BCUT2D eigenvalue weighted by molar-refractivity contribution is -0.198. The predicted octanol–water partition coefficient (Wildman–Crippen LogP) is -0.392. The number of hydrogen-bond acceptors (Lipinski definition) is 14. The Hall–Kier alpha value is -2.28. The van der Waals surface area contributed by atoms with Crippen molar-refractivity contribution in [3.05, 3.63) is 0 Å². The Morgan fingerprint density at radius 2 is 0.738 bits per heavy atom. The fourth-order valence-corrected chi connectivity index (χ4v) is 2.98. The molecule has 0 aromatic carbocycles. The van der Waals surface area contributed by atoms with Crippen molar-refractivity contribution in [1.82, 2.24) is 5.06 Å². The Kier molecular flexibility index (Phi) is 24.8. The van der Waals surface area contributed by atoms with Gasteiger partial charge in [-0.05, 0) is 0 Å². The molecule has 244 valence electrons. The largest absolute Gasteiger partial charge is 0.481 e. The standard InChI is InChI=1S/C26H45NO15/c28-23-1-2-24(29)27(23)42-26(32)4-6-34-8-10-36-12-14-38-16-18-40-20-22-41-21-19-39-17-15-37-13-11-35-9-7-33-5-3-25(30)31/h1-22H2,(H,30,31). The lowest BCUT2D eigenvalue weighted by Gasteiger charge is -2.12. The van der Waals surface area contributed by atoms with E-state index < -0.39 is 23.8 Å². The number of carbonyl (C=O) groups is 4. The van der Waals surface area contributed by atoms with Crippen LogP contribution in [0.4, 0.5) is 0 Å². The average Bonchev–Trinajstić information content (AvgIpc) is 3.28. The Balaban J connectivity index is 1.67. The molecule has 0 atom stereocenters. The maximum absolute atomic E-state index is 11.6. The van der Waals surface area contributed by atoms with Crippen LogP contribution in [0, 0.1) is 0 Å². The monoisotopic (exact) mass is 611 g/mol. The van der Waals surface area contributed by atoms with Crippen LogP contribution in [0.25, 0.3) is 0 Å². The van der Waals surface area contributed by atoms with Crippen molar-refractivity contribution < 1.29 is 71.8 Å². The molecular weight excluding hydrogens is 566 g/mol. The molecule has 42 heavy (non-hydrogen) atoms. The first-order valence-electron chi connectivity index (χ1n) is 14.0.